The molecule has 0 spiro atoms. The summed E-state index contributed by atoms with van der Waals surface area (Å²) in [5.74, 6) is 0.195. The molecule has 3 heterocycles. The van der Waals surface area contributed by atoms with Crippen LogP contribution in [0.5, 0.6) is 0 Å². The molecule has 5 rings (SSSR count). The zero-order valence-corrected chi connectivity index (χ0v) is 18.7. The quantitative estimate of drug-likeness (QED) is 0.448. The lowest BCUT2D eigenvalue weighted by molar-refractivity contribution is -0.110. The summed E-state index contributed by atoms with van der Waals surface area (Å²) >= 11 is 0. The van der Waals surface area contributed by atoms with E-state index in [4.69, 9.17) is 0 Å². The second kappa shape index (κ2) is 9.08. The molecule has 2 aliphatic heterocycles. The highest BCUT2D eigenvalue weighted by Crippen LogP contribution is 2.41. The van der Waals surface area contributed by atoms with E-state index in [1.165, 1.54) is 5.56 Å². The summed E-state index contributed by atoms with van der Waals surface area (Å²) in [5, 5.41) is 9.41. The first-order chi connectivity index (χ1) is 16.1. The van der Waals surface area contributed by atoms with Gasteiger partial charge in [0, 0.05) is 29.7 Å². The minimum Gasteiger partial charge on any atom is -0.361 e. The molecule has 3 aromatic rings. The monoisotopic (exact) mass is 440 g/mol. The van der Waals surface area contributed by atoms with Gasteiger partial charge < -0.3 is 20.9 Å². The Labute approximate surface area is 193 Å². The van der Waals surface area contributed by atoms with Crippen molar-refractivity contribution in [2.45, 2.75) is 32.2 Å². The summed E-state index contributed by atoms with van der Waals surface area (Å²) in [6.07, 6.45) is 5.72. The predicted octanol–water partition coefficient (Wildman–Crippen LogP) is 4.21. The third kappa shape index (κ3) is 4.22. The molecule has 1 fully saturated rings. The van der Waals surface area contributed by atoms with Crippen LogP contribution in [0.2, 0.25) is 0 Å². The van der Waals surface area contributed by atoms with Gasteiger partial charge in [0.05, 0.1) is 11.1 Å². The van der Waals surface area contributed by atoms with E-state index in [9.17, 15) is 9.59 Å². The van der Waals surface area contributed by atoms with Crippen LogP contribution in [0.15, 0.2) is 54.7 Å². The van der Waals surface area contributed by atoms with Gasteiger partial charge in [-0.3, -0.25) is 9.59 Å². The molecule has 0 radical (unpaired) electrons. The number of anilines is 1. The van der Waals surface area contributed by atoms with Crippen LogP contribution >= 0.6 is 0 Å². The fourth-order valence-electron chi connectivity index (χ4n) is 4.80. The van der Waals surface area contributed by atoms with Crippen molar-refractivity contribution in [1.82, 2.24) is 15.6 Å². The second-order valence-corrected chi connectivity index (χ2v) is 8.72. The Morgan fingerprint density at radius 2 is 1.88 bits per heavy atom. The van der Waals surface area contributed by atoms with Gasteiger partial charge in [-0.1, -0.05) is 42.5 Å². The standard InChI is InChI=1S/C27H28N4O2/c1-17-22(26(32)30-15-18-6-3-2-4-7-18)16-29-24(17)14-21-25-20(19-10-12-28-13-11-19)8-5-9-23(25)31-27(21)33/h2-9,14,16,19,28-29H,10-13,15H2,1H3,(H,30,32)(H,31,33). The third-order valence-corrected chi connectivity index (χ3v) is 6.65. The number of benzene rings is 2. The maximum Gasteiger partial charge on any atom is 0.256 e. The number of H-pyrrole nitrogens is 1. The minimum atomic E-state index is -0.135. The lowest BCUT2D eigenvalue weighted by Gasteiger charge is -2.25. The predicted molar refractivity (Wildman–Crippen MR) is 131 cm³/mol. The molecule has 0 atom stereocenters. The Hall–Kier alpha value is -3.64. The van der Waals surface area contributed by atoms with E-state index < -0.39 is 0 Å². The zero-order valence-electron chi connectivity index (χ0n) is 18.7. The Bertz CT molecular complexity index is 1220. The number of piperidine rings is 1. The zero-order chi connectivity index (χ0) is 22.8. The SMILES string of the molecule is Cc1c(C(=O)NCc2ccccc2)c[nH]c1C=C1C(=O)Nc2cccc(C3CCNCC3)c21. The minimum absolute atomic E-state index is 0.101. The molecule has 2 aromatic carbocycles. The summed E-state index contributed by atoms with van der Waals surface area (Å²) in [6, 6.07) is 16.0. The number of carbonyl (C=O) groups is 2. The highest BCUT2D eigenvalue weighted by atomic mass is 16.2. The van der Waals surface area contributed by atoms with Crippen LogP contribution in [0.1, 0.15) is 57.1 Å². The van der Waals surface area contributed by atoms with Crippen molar-refractivity contribution >= 4 is 29.2 Å². The molecule has 168 valence electrons. The van der Waals surface area contributed by atoms with Gasteiger partial charge in [-0.15, -0.1) is 0 Å². The van der Waals surface area contributed by atoms with Crippen molar-refractivity contribution in [3.8, 4) is 0 Å². The Morgan fingerprint density at radius 3 is 2.67 bits per heavy atom. The van der Waals surface area contributed by atoms with Gasteiger partial charge in [0.2, 0.25) is 0 Å². The summed E-state index contributed by atoms with van der Waals surface area (Å²) < 4.78 is 0. The number of hydrogen-bond acceptors (Lipinski definition) is 3. The Kier molecular flexibility index (Phi) is 5.84. The molecular formula is C27H28N4O2. The van der Waals surface area contributed by atoms with E-state index in [0.29, 0.717) is 23.6 Å². The Morgan fingerprint density at radius 1 is 1.09 bits per heavy atom. The maximum absolute atomic E-state index is 12.9. The Balaban J connectivity index is 1.42. The first-order valence-electron chi connectivity index (χ1n) is 11.5. The van der Waals surface area contributed by atoms with Gasteiger partial charge in [-0.2, -0.15) is 0 Å². The van der Waals surface area contributed by atoms with Gasteiger partial charge in [-0.25, -0.2) is 0 Å². The molecule has 1 aromatic heterocycles. The number of aromatic nitrogens is 1. The summed E-state index contributed by atoms with van der Waals surface area (Å²) in [5.41, 5.74) is 6.98. The van der Waals surface area contributed by atoms with Crippen LogP contribution in [-0.4, -0.2) is 29.9 Å². The average molecular weight is 441 g/mol. The summed E-state index contributed by atoms with van der Waals surface area (Å²) in [6.45, 7) is 4.36. The van der Waals surface area contributed by atoms with Gasteiger partial charge >= 0.3 is 0 Å². The number of rotatable bonds is 5. The number of carbonyl (C=O) groups excluding carboxylic acids is 2. The van der Waals surface area contributed by atoms with E-state index in [0.717, 1.165) is 54.0 Å². The van der Waals surface area contributed by atoms with Crippen molar-refractivity contribution in [3.63, 3.8) is 0 Å². The molecule has 0 aliphatic carbocycles. The van der Waals surface area contributed by atoms with E-state index in [-0.39, 0.29) is 11.8 Å². The highest BCUT2D eigenvalue weighted by molar-refractivity contribution is 6.35. The normalized spacial score (nSPS) is 17.1. The summed E-state index contributed by atoms with van der Waals surface area (Å²) in [7, 11) is 0. The van der Waals surface area contributed by atoms with Crippen LogP contribution in [0.4, 0.5) is 5.69 Å². The molecule has 2 amide bonds. The lowest BCUT2D eigenvalue weighted by atomic mass is 9.85. The molecule has 2 aliphatic rings. The van der Waals surface area contributed by atoms with Crippen LogP contribution in [0.25, 0.3) is 11.6 Å². The molecule has 0 unspecified atom stereocenters. The van der Waals surface area contributed by atoms with Gasteiger partial charge in [0.25, 0.3) is 11.8 Å². The summed E-state index contributed by atoms with van der Waals surface area (Å²) in [4.78, 5) is 28.9. The first-order valence-corrected chi connectivity index (χ1v) is 11.5. The topological polar surface area (TPSA) is 86.0 Å². The van der Waals surface area contributed by atoms with Crippen molar-refractivity contribution in [2.24, 2.45) is 0 Å². The van der Waals surface area contributed by atoms with Crippen LogP contribution < -0.4 is 16.0 Å². The van der Waals surface area contributed by atoms with Crippen molar-refractivity contribution in [1.29, 1.82) is 0 Å². The van der Waals surface area contributed by atoms with Crippen LogP contribution in [-0.2, 0) is 11.3 Å². The molecule has 0 bridgehead atoms. The number of nitrogens with one attached hydrogen (secondary N) is 4. The number of hydrogen-bond donors (Lipinski definition) is 4. The molecule has 6 nitrogen and oxygen atoms in total. The lowest BCUT2D eigenvalue weighted by Crippen LogP contribution is -2.27. The third-order valence-electron chi connectivity index (χ3n) is 6.65. The number of fused-ring (bicyclic) bond motifs is 1. The smallest absolute Gasteiger partial charge is 0.256 e. The van der Waals surface area contributed by atoms with Gasteiger partial charge in [-0.05, 0) is 67.6 Å². The molecule has 4 N–H and O–H groups in total. The molecule has 1 saturated heterocycles. The number of aromatic amines is 1. The van der Waals surface area contributed by atoms with Gasteiger partial charge in [0.1, 0.15) is 0 Å². The molecule has 6 heteroatoms. The molecule has 33 heavy (non-hydrogen) atoms. The van der Waals surface area contributed by atoms with Gasteiger partial charge in [0.15, 0.2) is 0 Å². The van der Waals surface area contributed by atoms with Crippen molar-refractivity contribution in [3.05, 3.63) is 88.2 Å². The van der Waals surface area contributed by atoms with E-state index in [2.05, 4.69) is 27.0 Å². The van der Waals surface area contributed by atoms with Crippen LogP contribution in [0.3, 0.4) is 0 Å². The molecule has 0 saturated carbocycles. The van der Waals surface area contributed by atoms with E-state index >= 15 is 0 Å². The fraction of sp³-hybridized carbons (Fsp3) is 0.259. The molecular weight excluding hydrogens is 412 g/mol. The highest BCUT2D eigenvalue weighted by Gasteiger charge is 2.30. The van der Waals surface area contributed by atoms with Crippen LogP contribution in [0, 0.1) is 6.92 Å². The van der Waals surface area contributed by atoms with Crippen molar-refractivity contribution in [2.75, 3.05) is 18.4 Å². The largest absolute Gasteiger partial charge is 0.361 e. The average Bonchev–Trinajstić information content (AvgIpc) is 3.38. The van der Waals surface area contributed by atoms with Crippen molar-refractivity contribution < 1.29 is 9.59 Å². The maximum atomic E-state index is 12.9. The second-order valence-electron chi connectivity index (χ2n) is 8.72. The number of amides is 2. The fourth-order valence-corrected chi connectivity index (χ4v) is 4.80. The van der Waals surface area contributed by atoms with E-state index in [1.807, 2.05) is 55.5 Å². The van der Waals surface area contributed by atoms with E-state index in [1.54, 1.807) is 6.20 Å². The first kappa shape index (κ1) is 21.2.